The van der Waals surface area contributed by atoms with Gasteiger partial charge in [-0.3, -0.25) is 0 Å². The van der Waals surface area contributed by atoms with Crippen LogP contribution >= 0.6 is 0 Å². The van der Waals surface area contributed by atoms with E-state index in [1.54, 1.807) is 0 Å². The van der Waals surface area contributed by atoms with Crippen LogP contribution < -0.4 is 5.73 Å². The van der Waals surface area contributed by atoms with Crippen molar-refractivity contribution in [3.8, 4) is 0 Å². The van der Waals surface area contributed by atoms with Crippen LogP contribution in [-0.2, 0) is 0 Å². The minimum Gasteiger partial charge on any atom is -0.399 e. The first-order valence-electron chi connectivity index (χ1n) is 3.88. The van der Waals surface area contributed by atoms with Crippen LogP contribution in [0.4, 0.5) is 0 Å². The molecule has 0 aromatic rings. The molecule has 0 fully saturated rings. The molecule has 0 unspecified atom stereocenters. The average Bonchev–Trinajstić information content (AvgIpc) is 1.84. The normalized spacial score (nSPS) is 11.0. The summed E-state index contributed by atoms with van der Waals surface area (Å²) in [5.41, 5.74) is 9.30. The van der Waals surface area contributed by atoms with E-state index in [4.69, 9.17) is 5.73 Å². The maximum absolute atomic E-state index is 5.66. The van der Waals surface area contributed by atoms with Crippen molar-refractivity contribution in [2.24, 2.45) is 5.73 Å². The number of allylic oxidation sites excluding steroid dienone is 4. The lowest BCUT2D eigenvalue weighted by atomic mass is 10.1. The van der Waals surface area contributed by atoms with Crippen molar-refractivity contribution < 1.29 is 0 Å². The van der Waals surface area contributed by atoms with Crippen molar-refractivity contribution in [1.82, 2.24) is 0 Å². The molecule has 0 radical (unpaired) electrons. The minimum atomic E-state index is 0.696. The SMILES string of the molecule is C=C(C)CC(=C)/C=C(/N)C(=C)C. The molecular weight excluding hydrogens is 146 g/mol. The van der Waals surface area contributed by atoms with Crippen molar-refractivity contribution in [1.29, 1.82) is 0 Å². The molecule has 66 valence electrons. The van der Waals surface area contributed by atoms with E-state index in [0.717, 1.165) is 23.1 Å². The highest BCUT2D eigenvalue weighted by Gasteiger charge is 1.93. The molecule has 2 N–H and O–H groups in total. The highest BCUT2D eigenvalue weighted by atomic mass is 14.6. The molecule has 12 heavy (non-hydrogen) atoms. The fourth-order valence-electron chi connectivity index (χ4n) is 0.782. The molecule has 0 amide bonds. The highest BCUT2D eigenvalue weighted by Crippen LogP contribution is 2.10. The fraction of sp³-hybridized carbons (Fsp3) is 0.273. The lowest BCUT2D eigenvalue weighted by Gasteiger charge is -2.02. The third-order valence-electron chi connectivity index (χ3n) is 1.38. The Hall–Kier alpha value is -1.24. The van der Waals surface area contributed by atoms with Crippen LogP contribution in [0.3, 0.4) is 0 Å². The molecule has 1 nitrogen and oxygen atoms in total. The molecule has 0 bridgehead atoms. The summed E-state index contributed by atoms with van der Waals surface area (Å²) in [6, 6.07) is 0. The Balaban J connectivity index is 4.24. The van der Waals surface area contributed by atoms with Gasteiger partial charge in [-0.25, -0.2) is 0 Å². The Labute approximate surface area is 75.0 Å². The van der Waals surface area contributed by atoms with Gasteiger partial charge in [0.1, 0.15) is 0 Å². The smallest absolute Gasteiger partial charge is 0.0340 e. The zero-order chi connectivity index (χ0) is 9.72. The average molecular weight is 163 g/mol. The van der Waals surface area contributed by atoms with Gasteiger partial charge in [0.25, 0.3) is 0 Å². The summed E-state index contributed by atoms with van der Waals surface area (Å²) >= 11 is 0. The Morgan fingerprint density at radius 3 is 2.08 bits per heavy atom. The second-order valence-corrected chi connectivity index (χ2v) is 3.17. The number of nitrogens with two attached hydrogens (primary N) is 1. The predicted molar refractivity (Wildman–Crippen MR) is 55.7 cm³/mol. The van der Waals surface area contributed by atoms with Crippen LogP contribution in [0, 0.1) is 0 Å². The van der Waals surface area contributed by atoms with Crippen molar-refractivity contribution >= 4 is 0 Å². The van der Waals surface area contributed by atoms with Crippen molar-refractivity contribution in [3.63, 3.8) is 0 Å². The first-order chi connectivity index (χ1) is 5.43. The van der Waals surface area contributed by atoms with Gasteiger partial charge in [-0.1, -0.05) is 25.3 Å². The van der Waals surface area contributed by atoms with Gasteiger partial charge in [-0.2, -0.15) is 0 Å². The summed E-state index contributed by atoms with van der Waals surface area (Å²) in [4.78, 5) is 0. The zero-order valence-corrected chi connectivity index (χ0v) is 7.98. The lowest BCUT2D eigenvalue weighted by molar-refractivity contribution is 1.15. The summed E-state index contributed by atoms with van der Waals surface area (Å²) in [7, 11) is 0. The first-order valence-corrected chi connectivity index (χ1v) is 3.88. The summed E-state index contributed by atoms with van der Waals surface area (Å²) in [5.74, 6) is 0. The van der Waals surface area contributed by atoms with Gasteiger partial charge in [0.15, 0.2) is 0 Å². The molecule has 0 saturated heterocycles. The molecule has 0 saturated carbocycles. The maximum atomic E-state index is 5.66. The van der Waals surface area contributed by atoms with Crippen LogP contribution in [0.1, 0.15) is 20.3 Å². The van der Waals surface area contributed by atoms with Crippen molar-refractivity contribution in [2.45, 2.75) is 20.3 Å². The molecule has 0 aliphatic heterocycles. The highest BCUT2D eigenvalue weighted by molar-refractivity contribution is 5.32. The Morgan fingerprint density at radius 1 is 1.25 bits per heavy atom. The van der Waals surface area contributed by atoms with E-state index in [1.807, 2.05) is 19.9 Å². The van der Waals surface area contributed by atoms with Gasteiger partial charge in [-0.05, 0) is 37.5 Å². The molecule has 1 heteroatoms. The van der Waals surface area contributed by atoms with E-state index < -0.39 is 0 Å². The lowest BCUT2D eigenvalue weighted by Crippen LogP contribution is -1.98. The number of hydrogen-bond donors (Lipinski definition) is 1. The monoisotopic (exact) mass is 163 g/mol. The van der Waals surface area contributed by atoms with E-state index >= 15 is 0 Å². The van der Waals surface area contributed by atoms with Crippen LogP contribution in [0.5, 0.6) is 0 Å². The molecule has 0 aliphatic rings. The van der Waals surface area contributed by atoms with E-state index in [9.17, 15) is 0 Å². The summed E-state index contributed by atoms with van der Waals surface area (Å²) in [6.45, 7) is 15.2. The summed E-state index contributed by atoms with van der Waals surface area (Å²) in [6.07, 6.45) is 2.64. The predicted octanol–water partition coefficient (Wildman–Crippen LogP) is 2.93. The van der Waals surface area contributed by atoms with E-state index in [2.05, 4.69) is 19.7 Å². The summed E-state index contributed by atoms with van der Waals surface area (Å²) < 4.78 is 0. The summed E-state index contributed by atoms with van der Waals surface area (Å²) in [5, 5.41) is 0. The zero-order valence-electron chi connectivity index (χ0n) is 7.98. The van der Waals surface area contributed by atoms with Gasteiger partial charge in [-0.15, -0.1) is 0 Å². The Bertz CT molecular complexity index is 244. The molecule has 0 spiro atoms. The van der Waals surface area contributed by atoms with Gasteiger partial charge < -0.3 is 5.73 Å². The molecular formula is C11H17N. The second kappa shape index (κ2) is 4.60. The second-order valence-electron chi connectivity index (χ2n) is 3.17. The van der Waals surface area contributed by atoms with E-state index in [0.29, 0.717) is 5.70 Å². The van der Waals surface area contributed by atoms with Crippen LogP contribution in [0.15, 0.2) is 48.2 Å². The maximum Gasteiger partial charge on any atom is 0.0340 e. The van der Waals surface area contributed by atoms with Gasteiger partial charge in [0, 0.05) is 5.70 Å². The van der Waals surface area contributed by atoms with E-state index in [1.165, 1.54) is 0 Å². The van der Waals surface area contributed by atoms with Gasteiger partial charge in [0.2, 0.25) is 0 Å². The topological polar surface area (TPSA) is 26.0 Å². The molecule has 0 aromatic carbocycles. The standard InChI is InChI=1S/C11H17N/c1-8(2)6-10(5)7-11(12)9(3)4/h7H,1,3,5-6,12H2,2,4H3/b11-7+. The van der Waals surface area contributed by atoms with Crippen LogP contribution in [0.25, 0.3) is 0 Å². The molecule has 0 aromatic heterocycles. The van der Waals surface area contributed by atoms with Gasteiger partial charge in [0.05, 0.1) is 0 Å². The van der Waals surface area contributed by atoms with Crippen molar-refractivity contribution in [2.75, 3.05) is 0 Å². The van der Waals surface area contributed by atoms with Gasteiger partial charge >= 0.3 is 0 Å². The van der Waals surface area contributed by atoms with Crippen LogP contribution in [-0.4, -0.2) is 0 Å². The van der Waals surface area contributed by atoms with Crippen LogP contribution in [0.2, 0.25) is 0 Å². The number of hydrogen-bond acceptors (Lipinski definition) is 1. The Kier molecular flexibility index (Phi) is 4.12. The Morgan fingerprint density at radius 2 is 1.75 bits per heavy atom. The fourth-order valence-corrected chi connectivity index (χ4v) is 0.782. The van der Waals surface area contributed by atoms with E-state index in [-0.39, 0.29) is 0 Å². The largest absolute Gasteiger partial charge is 0.399 e. The molecule has 0 rings (SSSR count). The third kappa shape index (κ3) is 4.56. The van der Waals surface area contributed by atoms with Crippen molar-refractivity contribution in [3.05, 3.63) is 48.2 Å². The number of rotatable bonds is 4. The molecule has 0 atom stereocenters. The minimum absolute atomic E-state index is 0.696. The first kappa shape index (κ1) is 10.8. The molecule has 0 aliphatic carbocycles. The quantitative estimate of drug-likeness (QED) is 0.500. The third-order valence-corrected chi connectivity index (χ3v) is 1.38. The molecule has 0 heterocycles.